The molecule has 3 aromatic rings. The van der Waals surface area contributed by atoms with E-state index in [9.17, 15) is 10.0 Å². The lowest BCUT2D eigenvalue weighted by atomic mass is 9.34. The molecule has 28 heavy (non-hydrogen) atoms. The van der Waals surface area contributed by atoms with Gasteiger partial charge < -0.3 is 19.5 Å². The summed E-state index contributed by atoms with van der Waals surface area (Å²) in [5, 5.41) is 19.4. The lowest BCUT2D eigenvalue weighted by Gasteiger charge is -2.34. The minimum absolute atomic E-state index is 0.0215. The molecular formula is C22H20B2O4. The molecule has 0 amide bonds. The first-order chi connectivity index (χ1) is 13.3. The van der Waals surface area contributed by atoms with E-state index in [0.717, 1.165) is 27.9 Å². The van der Waals surface area contributed by atoms with Gasteiger partial charge in [-0.05, 0) is 51.6 Å². The van der Waals surface area contributed by atoms with Crippen LogP contribution in [0.4, 0.5) is 0 Å². The zero-order valence-electron chi connectivity index (χ0n) is 16.1. The number of fused-ring (bicyclic) bond motifs is 4. The highest BCUT2D eigenvalue weighted by molar-refractivity contribution is 6.98. The van der Waals surface area contributed by atoms with Crippen LogP contribution in [0.15, 0.2) is 54.6 Å². The molecule has 4 nitrogen and oxygen atoms in total. The summed E-state index contributed by atoms with van der Waals surface area (Å²) >= 11 is 0. The molecule has 0 saturated heterocycles. The van der Waals surface area contributed by atoms with Crippen molar-refractivity contribution < 1.29 is 19.5 Å². The maximum atomic E-state index is 9.69. The molecule has 0 aliphatic carbocycles. The molecule has 5 rings (SSSR count). The van der Waals surface area contributed by atoms with Crippen LogP contribution in [0.25, 0.3) is 0 Å². The Morgan fingerprint density at radius 2 is 1.43 bits per heavy atom. The fourth-order valence-electron chi connectivity index (χ4n) is 4.08. The first-order valence-electron chi connectivity index (χ1n) is 9.46. The van der Waals surface area contributed by atoms with Gasteiger partial charge in [0.15, 0.2) is 0 Å². The van der Waals surface area contributed by atoms with Gasteiger partial charge in [-0.3, -0.25) is 0 Å². The van der Waals surface area contributed by atoms with Crippen molar-refractivity contribution in [2.24, 2.45) is 0 Å². The second-order valence-electron chi connectivity index (χ2n) is 8.48. The van der Waals surface area contributed by atoms with Gasteiger partial charge >= 0.3 is 7.12 Å². The zero-order chi connectivity index (χ0) is 19.6. The van der Waals surface area contributed by atoms with Crippen LogP contribution >= 0.6 is 0 Å². The summed E-state index contributed by atoms with van der Waals surface area (Å²) in [7, 11) is -1.59. The van der Waals surface area contributed by atoms with Crippen molar-refractivity contribution in [3.63, 3.8) is 0 Å². The molecule has 0 aromatic heterocycles. The van der Waals surface area contributed by atoms with Crippen LogP contribution in [-0.2, 0) is 5.41 Å². The molecule has 2 heterocycles. The SMILES string of the molecule is CC(C)(C)c1ccc2c(c1)B1c3ccccc3Oc3cc(B(O)O)cc(c31)O2. The van der Waals surface area contributed by atoms with Crippen LogP contribution in [0.2, 0.25) is 0 Å². The molecular weight excluding hydrogens is 350 g/mol. The normalized spacial score (nSPS) is 13.7. The summed E-state index contributed by atoms with van der Waals surface area (Å²) in [5.74, 6) is 2.79. The van der Waals surface area contributed by atoms with E-state index < -0.39 is 7.12 Å². The van der Waals surface area contributed by atoms with Crippen LogP contribution in [0.5, 0.6) is 23.0 Å². The van der Waals surface area contributed by atoms with Gasteiger partial charge in [-0.25, -0.2) is 0 Å². The Labute approximate surface area is 165 Å². The number of ether oxygens (including phenoxy) is 2. The summed E-state index contributed by atoms with van der Waals surface area (Å²) < 4.78 is 12.3. The van der Waals surface area contributed by atoms with Gasteiger partial charge in [-0.2, -0.15) is 0 Å². The smallest absolute Gasteiger partial charge is 0.458 e. The Hall–Kier alpha value is -2.69. The molecule has 0 saturated carbocycles. The third-order valence-corrected chi connectivity index (χ3v) is 5.57. The Bertz CT molecular complexity index is 1080. The van der Waals surface area contributed by atoms with Crippen molar-refractivity contribution in [3.8, 4) is 23.0 Å². The largest absolute Gasteiger partial charge is 0.488 e. The summed E-state index contributed by atoms with van der Waals surface area (Å²) in [6.45, 7) is 6.57. The van der Waals surface area contributed by atoms with E-state index in [4.69, 9.17) is 9.47 Å². The second-order valence-corrected chi connectivity index (χ2v) is 8.48. The number of hydrogen-bond acceptors (Lipinski definition) is 4. The maximum absolute atomic E-state index is 9.69. The monoisotopic (exact) mass is 370 g/mol. The molecule has 0 fully saturated rings. The third kappa shape index (κ3) is 2.56. The van der Waals surface area contributed by atoms with Crippen molar-refractivity contribution in [1.82, 2.24) is 0 Å². The van der Waals surface area contributed by atoms with Crippen molar-refractivity contribution in [1.29, 1.82) is 0 Å². The standard InChI is InChI=1S/C22H20B2O4/c1-22(2,3)13-8-9-18-16(10-13)23-15-6-4-5-7-17(15)27-19-11-14(24(25)26)12-20(28-18)21(19)23/h4-12,25-26H,1-3H3. The Kier molecular flexibility index (Phi) is 3.67. The highest BCUT2D eigenvalue weighted by Gasteiger charge is 2.41. The molecule has 2 aliphatic rings. The first-order valence-corrected chi connectivity index (χ1v) is 9.46. The van der Waals surface area contributed by atoms with E-state index in [1.807, 2.05) is 24.3 Å². The number of hydrogen-bond donors (Lipinski definition) is 2. The van der Waals surface area contributed by atoms with Gasteiger partial charge in [0, 0.05) is 5.46 Å². The second kappa shape index (κ2) is 5.90. The molecule has 0 spiro atoms. The molecule has 6 heteroatoms. The van der Waals surface area contributed by atoms with Crippen LogP contribution in [0.3, 0.4) is 0 Å². The van der Waals surface area contributed by atoms with E-state index >= 15 is 0 Å². The summed E-state index contributed by atoms with van der Waals surface area (Å²) in [6.07, 6.45) is 0. The van der Waals surface area contributed by atoms with Crippen molar-refractivity contribution in [3.05, 3.63) is 60.2 Å². The van der Waals surface area contributed by atoms with Crippen molar-refractivity contribution in [2.75, 3.05) is 0 Å². The van der Waals surface area contributed by atoms with Crippen LogP contribution in [0, 0.1) is 0 Å². The van der Waals surface area contributed by atoms with E-state index in [1.54, 1.807) is 12.1 Å². The minimum atomic E-state index is -1.59. The van der Waals surface area contributed by atoms with E-state index in [-0.39, 0.29) is 12.1 Å². The van der Waals surface area contributed by atoms with Crippen molar-refractivity contribution >= 4 is 35.7 Å². The third-order valence-electron chi connectivity index (χ3n) is 5.57. The van der Waals surface area contributed by atoms with E-state index in [0.29, 0.717) is 17.0 Å². The molecule has 0 atom stereocenters. The lowest BCUT2D eigenvalue weighted by molar-refractivity contribution is 0.423. The highest BCUT2D eigenvalue weighted by Crippen LogP contribution is 2.35. The summed E-state index contributed by atoms with van der Waals surface area (Å²) in [4.78, 5) is 0. The average Bonchev–Trinajstić information content (AvgIpc) is 2.66. The van der Waals surface area contributed by atoms with E-state index in [1.165, 1.54) is 5.56 Å². The quantitative estimate of drug-likeness (QED) is 0.438. The predicted octanol–water partition coefficient (Wildman–Crippen LogP) is 1.39. The van der Waals surface area contributed by atoms with Gasteiger partial charge in [0.05, 0.1) is 0 Å². The van der Waals surface area contributed by atoms with Crippen LogP contribution in [-0.4, -0.2) is 23.9 Å². The fraction of sp³-hybridized carbons (Fsp3) is 0.182. The minimum Gasteiger partial charge on any atom is -0.458 e. The average molecular weight is 370 g/mol. The fourth-order valence-corrected chi connectivity index (χ4v) is 4.08. The molecule has 0 bridgehead atoms. The van der Waals surface area contributed by atoms with Crippen LogP contribution < -0.4 is 31.3 Å². The molecule has 0 radical (unpaired) electrons. The topological polar surface area (TPSA) is 58.9 Å². The highest BCUT2D eigenvalue weighted by atomic mass is 16.5. The van der Waals surface area contributed by atoms with Gasteiger partial charge in [0.1, 0.15) is 23.0 Å². The van der Waals surface area contributed by atoms with Gasteiger partial charge in [-0.15, -0.1) is 0 Å². The Balaban J connectivity index is 1.79. The number of rotatable bonds is 1. The number of benzene rings is 3. The maximum Gasteiger partial charge on any atom is 0.488 e. The molecule has 2 aliphatic heterocycles. The Morgan fingerprint density at radius 1 is 0.786 bits per heavy atom. The molecule has 3 aromatic carbocycles. The molecule has 138 valence electrons. The summed E-state index contributed by atoms with van der Waals surface area (Å²) in [5.41, 5.74) is 4.74. The number of para-hydroxylation sites is 1. The first kappa shape index (κ1) is 17.4. The van der Waals surface area contributed by atoms with Gasteiger partial charge in [0.25, 0.3) is 6.71 Å². The lowest BCUT2D eigenvalue weighted by Crippen LogP contribution is -2.58. The van der Waals surface area contributed by atoms with Crippen LogP contribution in [0.1, 0.15) is 26.3 Å². The predicted molar refractivity (Wildman–Crippen MR) is 113 cm³/mol. The van der Waals surface area contributed by atoms with Gasteiger partial charge in [0.2, 0.25) is 0 Å². The molecule has 2 N–H and O–H groups in total. The van der Waals surface area contributed by atoms with E-state index in [2.05, 4.69) is 39.0 Å². The van der Waals surface area contributed by atoms with Crippen molar-refractivity contribution in [2.45, 2.75) is 26.2 Å². The molecule has 0 unspecified atom stereocenters. The zero-order valence-corrected chi connectivity index (χ0v) is 16.1. The Morgan fingerprint density at radius 3 is 2.07 bits per heavy atom. The summed E-state index contributed by atoms with van der Waals surface area (Å²) in [6, 6.07) is 17.7. The van der Waals surface area contributed by atoms with Gasteiger partial charge in [-0.1, -0.05) is 51.1 Å².